The Labute approximate surface area is 114 Å². The van der Waals surface area contributed by atoms with Gasteiger partial charge < -0.3 is 9.80 Å². The zero-order valence-corrected chi connectivity index (χ0v) is 11.0. The lowest BCUT2D eigenvalue weighted by atomic mass is 10.3. The Kier molecular flexibility index (Phi) is 3.32. The van der Waals surface area contributed by atoms with Gasteiger partial charge in [-0.3, -0.25) is 4.79 Å². The van der Waals surface area contributed by atoms with Crippen molar-refractivity contribution in [3.63, 3.8) is 0 Å². The van der Waals surface area contributed by atoms with Crippen LogP contribution in [0.3, 0.4) is 0 Å². The van der Waals surface area contributed by atoms with Crippen molar-refractivity contribution in [2.45, 2.75) is 0 Å². The number of aldehydes is 1. The summed E-state index contributed by atoms with van der Waals surface area (Å²) < 4.78 is 0. The monoisotopic (exact) mass is 276 g/mol. The number of thiazole rings is 1. The molecule has 3 heterocycles. The van der Waals surface area contributed by atoms with Crippen molar-refractivity contribution in [2.75, 3.05) is 36.0 Å². The predicted molar refractivity (Wildman–Crippen MR) is 71.8 cm³/mol. The predicted octanol–water partition coefficient (Wildman–Crippen LogP) is 0.467. The summed E-state index contributed by atoms with van der Waals surface area (Å²) in [4.78, 5) is 31.3. The molecule has 0 unspecified atom stereocenters. The highest BCUT2D eigenvalue weighted by Crippen LogP contribution is 2.21. The summed E-state index contributed by atoms with van der Waals surface area (Å²) in [5, 5.41) is 2.68. The third-order valence-electron chi connectivity index (χ3n) is 2.94. The zero-order chi connectivity index (χ0) is 13.1. The van der Waals surface area contributed by atoms with E-state index in [1.165, 1.54) is 24.0 Å². The fourth-order valence-electron chi connectivity index (χ4n) is 1.97. The number of hydrogen-bond acceptors (Lipinski definition) is 8. The SMILES string of the molecule is O=Cc1csc(N2CCN(c3ncncn3)CC2)n1. The van der Waals surface area contributed by atoms with E-state index in [9.17, 15) is 4.79 Å². The van der Waals surface area contributed by atoms with Gasteiger partial charge in [0.25, 0.3) is 0 Å². The maximum absolute atomic E-state index is 10.6. The molecule has 7 nitrogen and oxygen atoms in total. The van der Waals surface area contributed by atoms with E-state index in [4.69, 9.17) is 0 Å². The average Bonchev–Trinajstić information content (AvgIpc) is 2.97. The molecule has 19 heavy (non-hydrogen) atoms. The zero-order valence-electron chi connectivity index (χ0n) is 10.1. The van der Waals surface area contributed by atoms with E-state index in [0.29, 0.717) is 11.6 Å². The lowest BCUT2D eigenvalue weighted by molar-refractivity contribution is 0.111. The summed E-state index contributed by atoms with van der Waals surface area (Å²) in [7, 11) is 0. The number of nitrogens with zero attached hydrogens (tertiary/aromatic N) is 6. The molecule has 0 N–H and O–H groups in total. The van der Waals surface area contributed by atoms with Gasteiger partial charge in [-0.2, -0.15) is 0 Å². The Morgan fingerprint density at radius 2 is 1.79 bits per heavy atom. The summed E-state index contributed by atoms with van der Waals surface area (Å²) in [6, 6.07) is 0. The van der Waals surface area contributed by atoms with Crippen molar-refractivity contribution < 1.29 is 4.79 Å². The first-order chi connectivity index (χ1) is 9.36. The van der Waals surface area contributed by atoms with E-state index in [1.54, 1.807) is 5.38 Å². The number of piperazine rings is 1. The fraction of sp³-hybridized carbons (Fsp3) is 0.364. The number of anilines is 2. The summed E-state index contributed by atoms with van der Waals surface area (Å²) in [5.41, 5.74) is 0.500. The van der Waals surface area contributed by atoms with Gasteiger partial charge in [0, 0.05) is 31.6 Å². The Morgan fingerprint density at radius 1 is 1.11 bits per heavy atom. The molecule has 2 aromatic rings. The molecule has 0 radical (unpaired) electrons. The molecule has 0 bridgehead atoms. The van der Waals surface area contributed by atoms with Gasteiger partial charge in [0.1, 0.15) is 18.3 Å². The normalized spacial score (nSPS) is 15.6. The number of aromatic nitrogens is 4. The largest absolute Gasteiger partial charge is 0.345 e. The van der Waals surface area contributed by atoms with E-state index in [-0.39, 0.29) is 0 Å². The van der Waals surface area contributed by atoms with Crippen LogP contribution in [0.4, 0.5) is 11.1 Å². The molecular weight excluding hydrogens is 264 g/mol. The Hall–Kier alpha value is -2.09. The molecule has 1 fully saturated rings. The highest BCUT2D eigenvalue weighted by Gasteiger charge is 2.20. The molecule has 1 saturated heterocycles. The number of hydrogen-bond donors (Lipinski definition) is 0. The molecule has 8 heteroatoms. The molecule has 0 saturated carbocycles. The van der Waals surface area contributed by atoms with Crippen LogP contribution in [0.1, 0.15) is 10.5 Å². The Bertz CT molecular complexity index is 551. The van der Waals surface area contributed by atoms with Gasteiger partial charge in [-0.05, 0) is 0 Å². The van der Waals surface area contributed by atoms with Gasteiger partial charge in [0.05, 0.1) is 0 Å². The van der Waals surface area contributed by atoms with Crippen LogP contribution in [0, 0.1) is 0 Å². The molecule has 0 aromatic carbocycles. The number of rotatable bonds is 3. The highest BCUT2D eigenvalue weighted by atomic mass is 32.1. The first kappa shape index (κ1) is 12.0. The second-order valence-electron chi connectivity index (χ2n) is 4.09. The molecule has 1 aliphatic heterocycles. The van der Waals surface area contributed by atoms with E-state index in [2.05, 4.69) is 29.7 Å². The van der Waals surface area contributed by atoms with Crippen LogP contribution in [0.5, 0.6) is 0 Å². The highest BCUT2D eigenvalue weighted by molar-refractivity contribution is 7.13. The average molecular weight is 276 g/mol. The first-order valence-electron chi connectivity index (χ1n) is 5.89. The van der Waals surface area contributed by atoms with Crippen LogP contribution in [0.15, 0.2) is 18.0 Å². The van der Waals surface area contributed by atoms with Gasteiger partial charge in [0.15, 0.2) is 11.4 Å². The van der Waals surface area contributed by atoms with Crippen molar-refractivity contribution in [2.24, 2.45) is 0 Å². The number of carbonyl (C=O) groups excluding carboxylic acids is 1. The Balaban J connectivity index is 1.65. The second kappa shape index (κ2) is 5.27. The van der Waals surface area contributed by atoms with Crippen LogP contribution < -0.4 is 9.80 Å². The summed E-state index contributed by atoms with van der Waals surface area (Å²) in [6.07, 6.45) is 3.79. The maximum Gasteiger partial charge on any atom is 0.228 e. The van der Waals surface area contributed by atoms with Crippen molar-refractivity contribution in [1.82, 2.24) is 19.9 Å². The smallest absolute Gasteiger partial charge is 0.228 e. The summed E-state index contributed by atoms with van der Waals surface area (Å²) >= 11 is 1.50. The molecule has 0 aliphatic carbocycles. The van der Waals surface area contributed by atoms with Gasteiger partial charge in [-0.1, -0.05) is 0 Å². The third kappa shape index (κ3) is 2.53. The molecule has 0 spiro atoms. The van der Waals surface area contributed by atoms with Crippen molar-refractivity contribution in [3.05, 3.63) is 23.7 Å². The van der Waals surface area contributed by atoms with E-state index < -0.39 is 0 Å². The molecule has 0 atom stereocenters. The van der Waals surface area contributed by atoms with Crippen LogP contribution >= 0.6 is 11.3 Å². The first-order valence-corrected chi connectivity index (χ1v) is 6.77. The molecule has 98 valence electrons. The van der Waals surface area contributed by atoms with Gasteiger partial charge in [0.2, 0.25) is 5.95 Å². The van der Waals surface area contributed by atoms with Gasteiger partial charge >= 0.3 is 0 Å². The molecular formula is C11H12N6OS. The molecule has 0 amide bonds. The van der Waals surface area contributed by atoms with Crippen LogP contribution in [-0.2, 0) is 0 Å². The lowest BCUT2D eigenvalue weighted by Crippen LogP contribution is -2.47. The van der Waals surface area contributed by atoms with Crippen molar-refractivity contribution in [3.8, 4) is 0 Å². The quantitative estimate of drug-likeness (QED) is 0.754. The molecule has 1 aliphatic rings. The fourth-order valence-corrected chi connectivity index (χ4v) is 2.79. The summed E-state index contributed by atoms with van der Waals surface area (Å²) in [5.74, 6) is 0.711. The van der Waals surface area contributed by atoms with Gasteiger partial charge in [-0.15, -0.1) is 11.3 Å². The van der Waals surface area contributed by atoms with Crippen LogP contribution in [0.2, 0.25) is 0 Å². The molecule has 2 aromatic heterocycles. The topological polar surface area (TPSA) is 75.1 Å². The lowest BCUT2D eigenvalue weighted by Gasteiger charge is -2.34. The second-order valence-corrected chi connectivity index (χ2v) is 4.92. The van der Waals surface area contributed by atoms with Crippen molar-refractivity contribution in [1.29, 1.82) is 0 Å². The third-order valence-corrected chi connectivity index (χ3v) is 3.86. The van der Waals surface area contributed by atoms with Crippen LogP contribution in [0.25, 0.3) is 0 Å². The molecule has 3 rings (SSSR count). The minimum Gasteiger partial charge on any atom is -0.345 e. The minimum absolute atomic E-state index is 0.500. The summed E-state index contributed by atoms with van der Waals surface area (Å²) in [6.45, 7) is 3.36. The van der Waals surface area contributed by atoms with Gasteiger partial charge in [-0.25, -0.2) is 19.9 Å². The van der Waals surface area contributed by atoms with Crippen molar-refractivity contribution >= 4 is 28.7 Å². The maximum atomic E-state index is 10.6. The minimum atomic E-state index is 0.500. The van der Waals surface area contributed by atoms with E-state index >= 15 is 0 Å². The van der Waals surface area contributed by atoms with E-state index in [1.807, 2.05) is 0 Å². The number of carbonyl (C=O) groups is 1. The standard InChI is InChI=1S/C11H12N6OS/c18-5-9-6-19-11(15-9)17-3-1-16(2-4-17)10-13-7-12-8-14-10/h5-8H,1-4H2. The van der Waals surface area contributed by atoms with Crippen LogP contribution in [-0.4, -0.2) is 52.4 Å². The Morgan fingerprint density at radius 3 is 2.42 bits per heavy atom. The van der Waals surface area contributed by atoms with E-state index in [0.717, 1.165) is 37.6 Å².